The Morgan fingerprint density at radius 2 is 1.70 bits per heavy atom. The molecule has 0 unspecified atom stereocenters. The Kier molecular flexibility index (Phi) is 8.07. The van der Waals surface area contributed by atoms with Crippen LogP contribution >= 0.6 is 11.6 Å². The van der Waals surface area contributed by atoms with Gasteiger partial charge in [-0.3, -0.25) is 14.3 Å². The molecule has 2 amide bonds. The molecule has 0 atom stereocenters. The first-order chi connectivity index (χ1) is 19.1. The molecule has 2 aliphatic rings. The third-order valence-electron chi connectivity index (χ3n) is 7.76. The topological polar surface area (TPSA) is 67.7 Å². The molecule has 0 aliphatic carbocycles. The van der Waals surface area contributed by atoms with Crippen LogP contribution in [0.25, 0.3) is 0 Å². The second-order valence-corrected chi connectivity index (χ2v) is 11.0. The van der Waals surface area contributed by atoms with E-state index in [1.54, 1.807) is 29.2 Å². The summed E-state index contributed by atoms with van der Waals surface area (Å²) < 4.78 is 45.8. The molecule has 40 heavy (non-hydrogen) atoms. The summed E-state index contributed by atoms with van der Waals surface area (Å²) >= 11 is 6.12. The molecular weight excluding hydrogens is 545 g/mol. The minimum absolute atomic E-state index is 0.0418. The summed E-state index contributed by atoms with van der Waals surface area (Å²) in [6.45, 7) is 1.93. The molecule has 212 valence electrons. The highest BCUT2D eigenvalue weighted by atomic mass is 35.5. The lowest BCUT2D eigenvalue weighted by Gasteiger charge is -2.42. The zero-order valence-electron chi connectivity index (χ0n) is 21.9. The lowest BCUT2D eigenvalue weighted by Crippen LogP contribution is -2.49. The molecule has 2 aromatic carbocycles. The Morgan fingerprint density at radius 3 is 2.40 bits per heavy atom. The predicted octanol–water partition coefficient (Wildman–Crippen LogP) is 5.22. The van der Waals surface area contributed by atoms with Gasteiger partial charge in [0.1, 0.15) is 12.3 Å². The van der Waals surface area contributed by atoms with Crippen LogP contribution in [0.3, 0.4) is 0 Å². The zero-order chi connectivity index (χ0) is 28.3. The number of halogens is 4. The molecule has 0 spiro atoms. The average molecular weight is 575 g/mol. The number of piperidine rings is 1. The second kappa shape index (κ2) is 11.5. The number of rotatable bonds is 7. The molecular formula is C29H30ClF3N4O3. The van der Waals surface area contributed by atoms with Gasteiger partial charge in [0.2, 0.25) is 11.8 Å². The highest BCUT2D eigenvalue weighted by Crippen LogP contribution is 2.37. The number of hydrogen-bond acceptors (Lipinski definition) is 4. The number of carbonyl (C=O) groups is 2. The lowest BCUT2D eigenvalue weighted by molar-refractivity contribution is -0.143. The van der Waals surface area contributed by atoms with Crippen LogP contribution in [-0.4, -0.2) is 57.6 Å². The number of alkyl halides is 3. The largest absolute Gasteiger partial charge is 0.493 e. The first kappa shape index (κ1) is 28.0. The third kappa shape index (κ3) is 6.60. The van der Waals surface area contributed by atoms with Crippen LogP contribution in [0.1, 0.15) is 36.1 Å². The first-order valence-electron chi connectivity index (χ1n) is 13.2. The van der Waals surface area contributed by atoms with Crippen LogP contribution in [0.15, 0.2) is 60.8 Å². The van der Waals surface area contributed by atoms with Gasteiger partial charge in [-0.2, -0.15) is 18.3 Å². The summed E-state index contributed by atoms with van der Waals surface area (Å²) in [6.07, 6.45) is -1.30. The molecule has 0 bridgehead atoms. The Labute approximate surface area is 235 Å². The van der Waals surface area contributed by atoms with Crippen molar-refractivity contribution in [2.24, 2.45) is 5.41 Å². The van der Waals surface area contributed by atoms with Crippen LogP contribution < -0.4 is 4.74 Å². The summed E-state index contributed by atoms with van der Waals surface area (Å²) in [5, 5.41) is 4.03. The van der Waals surface area contributed by atoms with Gasteiger partial charge in [-0.1, -0.05) is 41.9 Å². The summed E-state index contributed by atoms with van der Waals surface area (Å²) in [5.41, 5.74) is 0.869. The SMILES string of the molecule is O=C(Cn1ccc(C(F)(F)F)n1)N1CCC(COc2cccc(Cl)c2)(CC(=O)N2CCc3ccccc3C2)CC1. The van der Waals surface area contributed by atoms with Crippen molar-refractivity contribution < 1.29 is 27.5 Å². The third-order valence-corrected chi connectivity index (χ3v) is 7.99. The van der Waals surface area contributed by atoms with Gasteiger partial charge in [-0.25, -0.2) is 0 Å². The summed E-state index contributed by atoms with van der Waals surface area (Å²) in [4.78, 5) is 30.0. The summed E-state index contributed by atoms with van der Waals surface area (Å²) in [5.74, 6) is 0.323. The van der Waals surface area contributed by atoms with Crippen molar-refractivity contribution in [3.05, 3.63) is 82.6 Å². The van der Waals surface area contributed by atoms with Gasteiger partial charge in [-0.15, -0.1) is 0 Å². The molecule has 2 aliphatic heterocycles. The molecule has 0 radical (unpaired) electrons. The molecule has 3 heterocycles. The van der Waals surface area contributed by atoms with Gasteiger partial charge < -0.3 is 14.5 Å². The number of amides is 2. The maximum absolute atomic E-state index is 13.6. The van der Waals surface area contributed by atoms with Crippen molar-refractivity contribution in [1.82, 2.24) is 19.6 Å². The van der Waals surface area contributed by atoms with E-state index in [0.717, 1.165) is 28.9 Å². The van der Waals surface area contributed by atoms with Gasteiger partial charge in [-0.05, 0) is 54.7 Å². The van der Waals surface area contributed by atoms with E-state index < -0.39 is 17.3 Å². The molecule has 0 N–H and O–H groups in total. The Hall–Kier alpha value is -3.53. The minimum atomic E-state index is -4.56. The Bertz CT molecular complexity index is 1370. The van der Waals surface area contributed by atoms with Crippen molar-refractivity contribution >= 4 is 23.4 Å². The number of nitrogens with zero attached hydrogens (tertiary/aromatic N) is 4. The Morgan fingerprint density at radius 1 is 0.950 bits per heavy atom. The summed E-state index contributed by atoms with van der Waals surface area (Å²) in [7, 11) is 0. The van der Waals surface area contributed by atoms with Crippen molar-refractivity contribution in [2.75, 3.05) is 26.2 Å². The number of ether oxygens (including phenoxy) is 1. The van der Waals surface area contributed by atoms with Gasteiger partial charge >= 0.3 is 6.18 Å². The number of hydrogen-bond donors (Lipinski definition) is 0. The second-order valence-electron chi connectivity index (χ2n) is 10.5. The molecule has 3 aromatic rings. The average Bonchev–Trinajstić information content (AvgIpc) is 3.41. The molecule has 7 nitrogen and oxygen atoms in total. The maximum Gasteiger partial charge on any atom is 0.435 e. The van der Waals surface area contributed by atoms with E-state index >= 15 is 0 Å². The van der Waals surface area contributed by atoms with Gasteiger partial charge in [0.25, 0.3) is 0 Å². The van der Waals surface area contributed by atoms with Crippen molar-refractivity contribution in [3.8, 4) is 5.75 Å². The van der Waals surface area contributed by atoms with E-state index in [0.29, 0.717) is 49.8 Å². The van der Waals surface area contributed by atoms with Crippen molar-refractivity contribution in [2.45, 2.75) is 44.9 Å². The quantitative estimate of drug-likeness (QED) is 0.388. The van der Waals surface area contributed by atoms with E-state index in [4.69, 9.17) is 16.3 Å². The standard InChI is InChI=1S/C29H30ClF3N4O3/c30-23-6-3-7-24(16-23)40-20-28(17-26(38)36-12-8-21-4-1-2-5-22(21)18-36)10-14-35(15-11-28)27(39)19-37-13-9-25(34-37)29(31,32)33/h1-7,9,13,16H,8,10-12,14-15,17-20H2. The normalized spacial score (nSPS) is 16.9. The van der Waals surface area contributed by atoms with Crippen LogP contribution in [0, 0.1) is 5.41 Å². The first-order valence-corrected chi connectivity index (χ1v) is 13.6. The van der Waals surface area contributed by atoms with Crippen LogP contribution in [-0.2, 0) is 35.3 Å². The van der Waals surface area contributed by atoms with Crippen molar-refractivity contribution in [3.63, 3.8) is 0 Å². The minimum Gasteiger partial charge on any atom is -0.493 e. The fourth-order valence-corrected chi connectivity index (χ4v) is 5.56. The smallest absolute Gasteiger partial charge is 0.435 e. The monoisotopic (exact) mass is 574 g/mol. The number of likely N-dealkylation sites (tertiary alicyclic amines) is 1. The highest BCUT2D eigenvalue weighted by Gasteiger charge is 2.40. The van der Waals surface area contributed by atoms with Crippen molar-refractivity contribution in [1.29, 1.82) is 0 Å². The van der Waals surface area contributed by atoms with Crippen LogP contribution in [0.5, 0.6) is 5.75 Å². The van der Waals surface area contributed by atoms with Crippen LogP contribution in [0.4, 0.5) is 13.2 Å². The fourth-order valence-electron chi connectivity index (χ4n) is 5.38. The predicted molar refractivity (Wildman–Crippen MR) is 143 cm³/mol. The molecule has 0 saturated carbocycles. The van der Waals surface area contributed by atoms with E-state index in [1.165, 1.54) is 5.56 Å². The fraction of sp³-hybridized carbons (Fsp3) is 0.414. The van der Waals surface area contributed by atoms with Gasteiger partial charge in [0.15, 0.2) is 5.69 Å². The maximum atomic E-state index is 13.6. The molecule has 5 rings (SSSR count). The van der Waals surface area contributed by atoms with E-state index in [-0.39, 0.29) is 31.4 Å². The number of aromatic nitrogens is 2. The van der Waals surface area contributed by atoms with E-state index in [2.05, 4.69) is 11.2 Å². The number of benzene rings is 2. The molecule has 1 fully saturated rings. The molecule has 1 aromatic heterocycles. The molecule has 11 heteroatoms. The number of fused-ring (bicyclic) bond motifs is 1. The van der Waals surface area contributed by atoms with Gasteiger partial charge in [0.05, 0.1) is 6.61 Å². The highest BCUT2D eigenvalue weighted by molar-refractivity contribution is 6.30. The Balaban J connectivity index is 1.25. The zero-order valence-corrected chi connectivity index (χ0v) is 22.6. The van der Waals surface area contributed by atoms with E-state index in [9.17, 15) is 22.8 Å². The van der Waals surface area contributed by atoms with Gasteiger partial charge in [0, 0.05) is 49.2 Å². The van der Waals surface area contributed by atoms with Crippen LogP contribution in [0.2, 0.25) is 5.02 Å². The number of carbonyl (C=O) groups excluding carboxylic acids is 2. The van der Waals surface area contributed by atoms with E-state index in [1.807, 2.05) is 23.1 Å². The lowest BCUT2D eigenvalue weighted by atomic mass is 9.75. The molecule has 1 saturated heterocycles. The summed E-state index contributed by atoms with van der Waals surface area (Å²) in [6, 6.07) is 16.1.